The van der Waals surface area contributed by atoms with Gasteiger partial charge in [0.2, 0.25) is 10.0 Å². The fourth-order valence-corrected chi connectivity index (χ4v) is 1.45. The summed E-state index contributed by atoms with van der Waals surface area (Å²) in [6.07, 6.45) is 0.938. The van der Waals surface area contributed by atoms with Crippen molar-refractivity contribution < 1.29 is 8.42 Å². The van der Waals surface area contributed by atoms with Crippen LogP contribution in [0.1, 0.15) is 12.8 Å². The SMILES string of the molecule is N#CCCCNS(=O)(=O)CBr. The number of hydrogen-bond acceptors (Lipinski definition) is 3. The van der Waals surface area contributed by atoms with Gasteiger partial charge in [-0.25, -0.2) is 13.1 Å². The molecule has 64 valence electrons. The Hall–Kier alpha value is -0.120. The van der Waals surface area contributed by atoms with E-state index in [-0.39, 0.29) is 4.66 Å². The maximum absolute atomic E-state index is 10.7. The molecule has 0 saturated heterocycles. The minimum atomic E-state index is -3.14. The summed E-state index contributed by atoms with van der Waals surface area (Å²) in [5.41, 5.74) is 0. The van der Waals surface area contributed by atoms with Crippen LogP contribution in [0.25, 0.3) is 0 Å². The molecule has 0 radical (unpaired) electrons. The molecule has 0 aromatic heterocycles. The van der Waals surface area contributed by atoms with Gasteiger partial charge in [0.15, 0.2) is 0 Å². The van der Waals surface area contributed by atoms with E-state index in [0.717, 1.165) is 0 Å². The van der Waals surface area contributed by atoms with Crippen molar-refractivity contribution in [2.45, 2.75) is 12.8 Å². The zero-order chi connectivity index (χ0) is 8.74. The van der Waals surface area contributed by atoms with E-state index >= 15 is 0 Å². The Balaban J connectivity index is 3.49. The number of sulfonamides is 1. The molecule has 0 aliphatic carbocycles. The zero-order valence-corrected chi connectivity index (χ0v) is 8.28. The summed E-state index contributed by atoms with van der Waals surface area (Å²) < 4.78 is 23.7. The van der Waals surface area contributed by atoms with Gasteiger partial charge in [0, 0.05) is 13.0 Å². The van der Waals surface area contributed by atoms with Crippen molar-refractivity contribution in [3.63, 3.8) is 0 Å². The molecule has 0 fully saturated rings. The van der Waals surface area contributed by atoms with Crippen molar-refractivity contribution in [3.8, 4) is 6.07 Å². The third-order valence-corrected chi connectivity index (χ3v) is 3.67. The molecule has 0 aromatic rings. The molecule has 0 bridgehead atoms. The quantitative estimate of drug-likeness (QED) is 0.564. The molecule has 0 unspecified atom stereocenters. The Morgan fingerprint density at radius 3 is 2.64 bits per heavy atom. The summed E-state index contributed by atoms with van der Waals surface area (Å²) in [5.74, 6) is 0. The van der Waals surface area contributed by atoms with E-state index in [0.29, 0.717) is 19.4 Å². The second-order valence-electron chi connectivity index (χ2n) is 1.88. The number of hydrogen-bond donors (Lipinski definition) is 1. The fourth-order valence-electron chi connectivity index (χ4n) is 0.434. The molecule has 4 nitrogen and oxygen atoms in total. The Kier molecular flexibility index (Phi) is 5.46. The summed E-state index contributed by atoms with van der Waals surface area (Å²) in [7, 11) is -3.14. The Bertz CT molecular complexity index is 231. The first-order chi connectivity index (χ1) is 5.12. The Morgan fingerprint density at radius 2 is 2.18 bits per heavy atom. The van der Waals surface area contributed by atoms with E-state index < -0.39 is 10.0 Å². The molecular weight excluding hydrogens is 232 g/mol. The van der Waals surface area contributed by atoms with Crippen molar-refractivity contribution >= 4 is 26.0 Å². The molecule has 0 amide bonds. The van der Waals surface area contributed by atoms with E-state index in [4.69, 9.17) is 5.26 Å². The smallest absolute Gasteiger partial charge is 0.214 e. The first-order valence-electron chi connectivity index (χ1n) is 3.02. The molecule has 0 rings (SSSR count). The molecule has 0 saturated carbocycles. The van der Waals surface area contributed by atoms with Gasteiger partial charge in [0.25, 0.3) is 0 Å². The average Bonchev–Trinajstić information content (AvgIpc) is 1.99. The highest BCUT2D eigenvalue weighted by molar-refractivity contribution is 9.10. The van der Waals surface area contributed by atoms with Crippen LogP contribution in [0.5, 0.6) is 0 Å². The summed E-state index contributed by atoms with van der Waals surface area (Å²) in [4.78, 5) is 0. The van der Waals surface area contributed by atoms with Crippen LogP contribution >= 0.6 is 15.9 Å². The van der Waals surface area contributed by atoms with Crippen molar-refractivity contribution in [1.29, 1.82) is 5.26 Å². The third-order valence-electron chi connectivity index (χ3n) is 0.931. The van der Waals surface area contributed by atoms with E-state index in [1.165, 1.54) is 0 Å². The minimum absolute atomic E-state index is 0.0907. The summed E-state index contributed by atoms with van der Waals surface area (Å²) in [6.45, 7) is 0.335. The minimum Gasteiger partial charge on any atom is -0.214 e. The topological polar surface area (TPSA) is 70.0 Å². The third kappa shape index (κ3) is 6.28. The number of alkyl halides is 1. The van der Waals surface area contributed by atoms with Gasteiger partial charge in [0.1, 0.15) is 4.66 Å². The number of nitriles is 1. The van der Waals surface area contributed by atoms with E-state index in [2.05, 4.69) is 20.7 Å². The van der Waals surface area contributed by atoms with Gasteiger partial charge in [-0.15, -0.1) is 0 Å². The molecule has 0 aromatic carbocycles. The van der Waals surface area contributed by atoms with Gasteiger partial charge in [-0.3, -0.25) is 0 Å². The first kappa shape index (κ1) is 10.9. The largest absolute Gasteiger partial charge is 0.221 e. The van der Waals surface area contributed by atoms with Crippen LogP contribution in [0.4, 0.5) is 0 Å². The second kappa shape index (κ2) is 5.52. The van der Waals surface area contributed by atoms with Crippen molar-refractivity contribution in [2.24, 2.45) is 0 Å². The summed E-state index contributed by atoms with van der Waals surface area (Å²) in [6, 6.07) is 1.93. The normalized spacial score (nSPS) is 10.9. The highest BCUT2D eigenvalue weighted by atomic mass is 79.9. The van der Waals surface area contributed by atoms with Crippen LogP contribution in [0.2, 0.25) is 0 Å². The Labute approximate surface area is 74.8 Å². The molecule has 0 atom stereocenters. The Morgan fingerprint density at radius 1 is 1.55 bits per heavy atom. The van der Waals surface area contributed by atoms with Crippen LogP contribution in [-0.4, -0.2) is 19.6 Å². The van der Waals surface area contributed by atoms with Crippen LogP contribution in [0.15, 0.2) is 0 Å². The maximum Gasteiger partial charge on any atom is 0.221 e. The van der Waals surface area contributed by atoms with Crippen LogP contribution in [0.3, 0.4) is 0 Å². The van der Waals surface area contributed by atoms with E-state index in [9.17, 15) is 8.42 Å². The van der Waals surface area contributed by atoms with Gasteiger partial charge in [-0.05, 0) is 6.42 Å². The molecule has 1 N–H and O–H groups in total. The summed E-state index contributed by atoms with van der Waals surface area (Å²) >= 11 is 2.82. The number of nitrogens with zero attached hydrogens (tertiary/aromatic N) is 1. The predicted molar refractivity (Wildman–Crippen MR) is 45.6 cm³/mol. The standard InChI is InChI=1S/C5H9BrN2O2S/c6-5-11(9,10)8-4-2-1-3-7/h8H,1-2,4-5H2. The zero-order valence-electron chi connectivity index (χ0n) is 5.88. The molecule has 0 spiro atoms. The predicted octanol–water partition coefficient (Wildman–Crippen LogP) is 0.562. The van der Waals surface area contributed by atoms with Gasteiger partial charge in [-0.2, -0.15) is 5.26 Å². The van der Waals surface area contributed by atoms with Crippen LogP contribution in [-0.2, 0) is 10.0 Å². The maximum atomic E-state index is 10.7. The van der Waals surface area contributed by atoms with Crippen molar-refractivity contribution in [3.05, 3.63) is 0 Å². The lowest BCUT2D eigenvalue weighted by molar-refractivity contribution is 0.585. The monoisotopic (exact) mass is 240 g/mol. The average molecular weight is 241 g/mol. The second-order valence-corrected chi connectivity index (χ2v) is 4.99. The van der Waals surface area contributed by atoms with Gasteiger partial charge in [0.05, 0.1) is 6.07 Å². The van der Waals surface area contributed by atoms with Gasteiger partial charge in [-0.1, -0.05) is 15.9 Å². The number of nitrogens with one attached hydrogen (secondary N) is 1. The molecule has 11 heavy (non-hydrogen) atoms. The fraction of sp³-hybridized carbons (Fsp3) is 0.800. The first-order valence-corrected chi connectivity index (χ1v) is 5.80. The van der Waals surface area contributed by atoms with E-state index in [1.807, 2.05) is 6.07 Å². The summed E-state index contributed by atoms with van der Waals surface area (Å²) in [5, 5.41) is 8.12. The molecule has 0 heterocycles. The number of halogens is 1. The van der Waals surface area contributed by atoms with Crippen molar-refractivity contribution in [2.75, 3.05) is 11.2 Å². The number of rotatable bonds is 5. The number of unbranched alkanes of at least 4 members (excludes halogenated alkanes) is 1. The van der Waals surface area contributed by atoms with Gasteiger partial charge >= 0.3 is 0 Å². The lowest BCUT2D eigenvalue weighted by Crippen LogP contribution is -2.25. The lowest BCUT2D eigenvalue weighted by atomic mass is 10.3. The van der Waals surface area contributed by atoms with Crippen LogP contribution < -0.4 is 4.72 Å². The molecular formula is C5H9BrN2O2S. The van der Waals surface area contributed by atoms with Crippen molar-refractivity contribution in [1.82, 2.24) is 4.72 Å². The molecule has 0 aliphatic heterocycles. The highest BCUT2D eigenvalue weighted by Crippen LogP contribution is 1.91. The molecule has 0 aliphatic rings. The van der Waals surface area contributed by atoms with Crippen LogP contribution in [0, 0.1) is 11.3 Å². The van der Waals surface area contributed by atoms with E-state index in [1.54, 1.807) is 0 Å². The lowest BCUT2D eigenvalue weighted by Gasteiger charge is -1.99. The molecule has 6 heteroatoms. The van der Waals surface area contributed by atoms with Gasteiger partial charge < -0.3 is 0 Å². The highest BCUT2D eigenvalue weighted by Gasteiger charge is 2.04.